The molecule has 0 saturated carbocycles. The molecule has 0 atom stereocenters. The van der Waals surface area contributed by atoms with Gasteiger partial charge in [-0.05, 0) is 368 Å². The van der Waals surface area contributed by atoms with E-state index in [0.717, 1.165) is 44.5 Å². The largest absolute Gasteiger partial charge is 0.508 e. The monoisotopic (exact) mass is 1320 g/mol. The van der Waals surface area contributed by atoms with E-state index in [1.807, 2.05) is 77.9 Å². The van der Waals surface area contributed by atoms with E-state index < -0.39 is 7.12 Å². The smallest absolute Gasteiger partial charge is 0.488 e. The first-order valence-corrected chi connectivity index (χ1v) is 33.6. The molecule has 0 saturated heterocycles. The van der Waals surface area contributed by atoms with Crippen LogP contribution in [0.3, 0.4) is 0 Å². The highest BCUT2D eigenvalue weighted by Gasteiger charge is 2.16. The number of hydrogen-bond donors (Lipinski definition) is 5. The number of azo groups is 2. The van der Waals surface area contributed by atoms with Crippen molar-refractivity contribution in [3.8, 4) is 61.8 Å². The van der Waals surface area contributed by atoms with E-state index in [4.69, 9.17) is 15.2 Å². The summed E-state index contributed by atoms with van der Waals surface area (Å²) in [4.78, 5) is 0. The van der Waals surface area contributed by atoms with Crippen LogP contribution in [0.2, 0.25) is 0 Å². The lowest BCUT2D eigenvalue weighted by Gasteiger charge is -2.16. The van der Waals surface area contributed by atoms with Crippen LogP contribution < -0.4 is 5.46 Å². The molecule has 518 valence electrons. The van der Waals surface area contributed by atoms with Crippen LogP contribution in [0.15, 0.2) is 166 Å². The van der Waals surface area contributed by atoms with Gasteiger partial charge in [0.05, 0.1) is 0 Å². The maximum absolute atomic E-state index is 9.74. The Kier molecular flexibility index (Phi) is 33.2. The highest BCUT2D eigenvalue weighted by atomic mass is 16.4. The molecule has 0 radical (unpaired) electrons. The Morgan fingerprint density at radius 3 is 0.643 bits per heavy atom. The highest BCUT2D eigenvalue weighted by molar-refractivity contribution is 6.59. The Morgan fingerprint density at radius 2 is 0.398 bits per heavy atom. The Bertz CT molecular complexity index is 4020. The van der Waals surface area contributed by atoms with Gasteiger partial charge in [-0.15, -0.1) is 0 Å². The molecule has 0 fully saturated rings. The van der Waals surface area contributed by atoms with E-state index in [9.17, 15) is 10.2 Å². The number of rotatable bonds is 5. The molecule has 5 N–H and O–H groups in total. The first-order valence-electron chi connectivity index (χ1n) is 33.6. The van der Waals surface area contributed by atoms with Gasteiger partial charge in [0.15, 0.2) is 0 Å². The molecule has 0 aromatic heterocycles. The summed E-state index contributed by atoms with van der Waals surface area (Å²) in [5.41, 5.74) is 41.3. The van der Waals surface area contributed by atoms with E-state index >= 15 is 0 Å². The maximum atomic E-state index is 9.74. The zero-order valence-corrected chi connectivity index (χ0v) is 64.5. The fourth-order valence-electron chi connectivity index (χ4n) is 11.1. The topological polar surface area (TPSA) is 151 Å². The number of aromatic hydroxyl groups is 3. The molecule has 0 bridgehead atoms. The molecular weight excluding hydrogens is 1200 g/mol. The minimum atomic E-state index is -1.35. The highest BCUT2D eigenvalue weighted by Crippen LogP contribution is 2.37. The second kappa shape index (κ2) is 39.3. The van der Waals surface area contributed by atoms with Crippen molar-refractivity contribution in [1.82, 2.24) is 0 Å². The van der Waals surface area contributed by atoms with Crippen LogP contribution in [0, 0.1) is 166 Å². The van der Waals surface area contributed by atoms with Gasteiger partial charge in [-0.3, -0.25) is 0 Å². The molecule has 10 aromatic carbocycles. The molecule has 10 rings (SSSR count). The van der Waals surface area contributed by atoms with Gasteiger partial charge in [0.1, 0.15) is 17.2 Å². The minimum absolute atomic E-state index is 0.372. The molecule has 0 spiro atoms. The molecule has 0 amide bonds. The number of phenolic OH excluding ortho intramolecular Hbond substituents is 3. The third-order valence-corrected chi connectivity index (χ3v) is 20.0. The zero-order valence-electron chi connectivity index (χ0n) is 64.5. The van der Waals surface area contributed by atoms with E-state index in [-0.39, 0.29) is 0 Å². The molecular formula is C88H113BN4O5. The van der Waals surface area contributed by atoms with Gasteiger partial charge in [-0.1, -0.05) is 127 Å². The number of nitrogens with zero attached hydrogens (tertiary/aromatic N) is 4. The molecule has 0 unspecified atom stereocenters. The minimum Gasteiger partial charge on any atom is -0.508 e. The van der Waals surface area contributed by atoms with Crippen molar-refractivity contribution in [3.63, 3.8) is 0 Å². The summed E-state index contributed by atoms with van der Waals surface area (Å²) >= 11 is 0. The average molecular weight is 1320 g/mol. The van der Waals surface area contributed by atoms with Crippen molar-refractivity contribution < 1.29 is 25.4 Å². The van der Waals surface area contributed by atoms with Gasteiger partial charge in [0, 0.05) is 28.2 Å². The quantitative estimate of drug-likeness (QED) is 0.0859. The van der Waals surface area contributed by atoms with Crippen LogP contribution in [0.25, 0.3) is 44.5 Å². The predicted molar refractivity (Wildman–Crippen MR) is 422 cm³/mol. The molecule has 98 heavy (non-hydrogen) atoms. The van der Waals surface area contributed by atoms with E-state index in [1.165, 1.54) is 134 Å². The second-order valence-corrected chi connectivity index (χ2v) is 25.7. The maximum Gasteiger partial charge on any atom is 0.488 e. The Hall–Kier alpha value is -9.22. The fraction of sp³-hybridized carbons (Fsp3) is 0.318. The molecule has 0 heterocycles. The van der Waals surface area contributed by atoms with Crippen LogP contribution in [-0.2, 0) is 0 Å². The molecule has 0 aliphatic rings. The zero-order chi connectivity index (χ0) is 74.2. The number of hydrogen-bond acceptors (Lipinski definition) is 9. The lowest BCUT2D eigenvalue weighted by molar-refractivity contribution is 0.425. The van der Waals surface area contributed by atoms with Crippen LogP contribution in [0.5, 0.6) is 17.2 Å². The molecule has 10 heteroatoms. The van der Waals surface area contributed by atoms with Crippen molar-refractivity contribution >= 4 is 12.6 Å². The standard InChI is InChI=1S/C18H22.C17H20O.C17H20.C16H18O.C8H11BO2.C8H10O.2C2H6N2/c1-11-7-9-17(15(5)13(11)3)18-10-8-12(2)14(4)16(18)6;1-10-6-7-15(12(3)11(10)2)16-8-9-17(18)14(5)13(16)4;1-11-7-6-8-16(14(11)4)17-10-9-12(2)13(3)15(17)5;1-10-6-5-7-14(11(10)2)15-8-9-16(17)13(4)12(15)3;1-6-4-3-5-8(7(6)2)9(10)11;1-6-4-3-5-8(9)7(6)2;2*1-3-4-2/h7-10H,1-6H3;6-9,18H,1-5H3;6-10H,1-5H3;5-9,17H,1-4H3;3-5,10-11H,1-2H3;3-5,9H,1-2H3;2*1-2H3. The van der Waals surface area contributed by atoms with Gasteiger partial charge in [-0.2, -0.15) is 20.5 Å². The van der Waals surface area contributed by atoms with Gasteiger partial charge in [-0.25, -0.2) is 0 Å². The van der Waals surface area contributed by atoms with Crippen LogP contribution in [-0.4, -0.2) is 60.7 Å². The van der Waals surface area contributed by atoms with Crippen LogP contribution >= 0.6 is 0 Å². The SMILES string of the molecule is CN=NC.CN=NC.Cc1ccc(-c2ccc(C)c(C)c2C)c(C)c1C.Cc1ccc(-c2ccc(O)c(C)c2C)c(C)c1C.Cc1cccc(-c2ccc(C)c(C)c2C)c1C.Cc1cccc(-c2ccc(O)c(C)c2C)c1C.Cc1cccc(B(O)O)c1C.Cc1cccc(O)c1C. The average Bonchev–Trinajstić information content (AvgIpc) is 0.817. The first-order chi connectivity index (χ1) is 46.1. The Labute approximate surface area is 590 Å². The van der Waals surface area contributed by atoms with Crippen molar-refractivity contribution in [3.05, 3.63) is 279 Å². The first kappa shape index (κ1) is 83.0. The predicted octanol–water partition coefficient (Wildman–Crippen LogP) is 22.4. The molecule has 10 aromatic rings. The molecule has 0 aliphatic carbocycles. The molecule has 0 aliphatic heterocycles. The van der Waals surface area contributed by atoms with Crippen molar-refractivity contribution in [2.24, 2.45) is 20.5 Å². The lowest BCUT2D eigenvalue weighted by atomic mass is 9.76. The summed E-state index contributed by atoms with van der Waals surface area (Å²) in [6.07, 6.45) is 0. The van der Waals surface area contributed by atoms with E-state index in [1.54, 1.807) is 52.5 Å². The van der Waals surface area contributed by atoms with Crippen LogP contribution in [0.1, 0.15) is 134 Å². The van der Waals surface area contributed by atoms with E-state index in [2.05, 4.69) is 230 Å². The number of phenols is 3. The summed E-state index contributed by atoms with van der Waals surface area (Å²) in [7, 11) is 5.20. The third kappa shape index (κ3) is 21.9. The van der Waals surface area contributed by atoms with Crippen molar-refractivity contribution in [1.29, 1.82) is 0 Å². The summed E-state index contributed by atoms with van der Waals surface area (Å²) in [5.74, 6) is 1.13. The number of aryl methyl sites for hydroxylation is 8. The normalized spacial score (nSPS) is 10.4. The van der Waals surface area contributed by atoms with Gasteiger partial charge >= 0.3 is 7.12 Å². The number of benzene rings is 10. The van der Waals surface area contributed by atoms with Gasteiger partial charge in [0.2, 0.25) is 0 Å². The van der Waals surface area contributed by atoms with Crippen molar-refractivity contribution in [2.75, 3.05) is 28.2 Å². The Morgan fingerprint density at radius 1 is 0.194 bits per heavy atom. The van der Waals surface area contributed by atoms with Crippen molar-refractivity contribution in [2.45, 2.75) is 166 Å². The van der Waals surface area contributed by atoms with Gasteiger partial charge < -0.3 is 25.4 Å². The summed E-state index contributed by atoms with van der Waals surface area (Å²) in [6.45, 7) is 50.7. The summed E-state index contributed by atoms with van der Waals surface area (Å²) in [5, 5.41) is 59.7. The van der Waals surface area contributed by atoms with E-state index in [0.29, 0.717) is 22.7 Å². The summed E-state index contributed by atoms with van der Waals surface area (Å²) < 4.78 is 0. The fourth-order valence-corrected chi connectivity index (χ4v) is 11.1. The molecule has 9 nitrogen and oxygen atoms in total. The lowest BCUT2D eigenvalue weighted by Crippen LogP contribution is -2.32. The van der Waals surface area contributed by atoms with Crippen LogP contribution in [0.4, 0.5) is 0 Å². The second-order valence-electron chi connectivity index (χ2n) is 25.7. The summed E-state index contributed by atoms with van der Waals surface area (Å²) in [6, 6.07) is 49.2. The Balaban J connectivity index is 0.000000303. The van der Waals surface area contributed by atoms with Gasteiger partial charge in [0.25, 0.3) is 0 Å². The third-order valence-electron chi connectivity index (χ3n) is 20.0.